The van der Waals surface area contributed by atoms with Crippen molar-refractivity contribution in [1.29, 1.82) is 0 Å². The van der Waals surface area contributed by atoms with Crippen LogP contribution < -0.4 is 5.73 Å². The van der Waals surface area contributed by atoms with Crippen molar-refractivity contribution in [3.05, 3.63) is 59.7 Å². The lowest BCUT2D eigenvalue weighted by Gasteiger charge is -2.08. The van der Waals surface area contributed by atoms with Gasteiger partial charge in [0.25, 0.3) is 0 Å². The fraction of sp³-hybridized carbons (Fsp3) is 0.0769. The van der Waals surface area contributed by atoms with Gasteiger partial charge in [0.2, 0.25) is 0 Å². The van der Waals surface area contributed by atoms with Crippen LogP contribution in [0.25, 0.3) is 11.1 Å². The van der Waals surface area contributed by atoms with Gasteiger partial charge in [0.1, 0.15) is 11.6 Å². The van der Waals surface area contributed by atoms with Gasteiger partial charge in [-0.25, -0.2) is 8.78 Å². The van der Waals surface area contributed by atoms with Gasteiger partial charge in [-0.1, -0.05) is 18.2 Å². The van der Waals surface area contributed by atoms with Gasteiger partial charge in [-0.15, -0.1) is 0 Å². The van der Waals surface area contributed by atoms with Crippen molar-refractivity contribution in [1.82, 2.24) is 0 Å². The summed E-state index contributed by atoms with van der Waals surface area (Å²) in [6.45, 7) is 0.254. The lowest BCUT2D eigenvalue weighted by Crippen LogP contribution is -1.99. The van der Waals surface area contributed by atoms with Crippen LogP contribution in [0.15, 0.2) is 42.5 Å². The molecule has 0 aliphatic heterocycles. The average molecular weight is 219 g/mol. The standard InChI is InChI=1S/C13H11F2N/c14-11-3-1-9(2-4-11)13-6-5-12(15)7-10(13)8-16/h1-7H,8,16H2. The molecule has 0 aliphatic rings. The molecule has 0 unspecified atom stereocenters. The number of hydrogen-bond acceptors (Lipinski definition) is 1. The highest BCUT2D eigenvalue weighted by molar-refractivity contribution is 5.67. The van der Waals surface area contributed by atoms with Crippen molar-refractivity contribution in [3.63, 3.8) is 0 Å². The lowest BCUT2D eigenvalue weighted by molar-refractivity contribution is 0.625. The van der Waals surface area contributed by atoms with E-state index in [1.54, 1.807) is 18.2 Å². The average Bonchev–Trinajstić information content (AvgIpc) is 2.30. The number of halogens is 2. The molecule has 2 aromatic rings. The number of benzene rings is 2. The highest BCUT2D eigenvalue weighted by Crippen LogP contribution is 2.24. The summed E-state index contributed by atoms with van der Waals surface area (Å²) in [6.07, 6.45) is 0. The molecule has 0 aromatic heterocycles. The first kappa shape index (κ1) is 10.8. The van der Waals surface area contributed by atoms with Crippen LogP contribution in [0.3, 0.4) is 0 Å². The van der Waals surface area contributed by atoms with E-state index in [1.165, 1.54) is 24.3 Å². The zero-order chi connectivity index (χ0) is 11.5. The first-order chi connectivity index (χ1) is 7.70. The van der Waals surface area contributed by atoms with Crippen LogP contribution in [0.4, 0.5) is 8.78 Å². The maximum absolute atomic E-state index is 13.0. The van der Waals surface area contributed by atoms with E-state index < -0.39 is 0 Å². The molecule has 2 N–H and O–H groups in total. The van der Waals surface area contributed by atoms with Crippen LogP contribution in [-0.2, 0) is 6.54 Å². The fourth-order valence-electron chi connectivity index (χ4n) is 1.64. The van der Waals surface area contributed by atoms with Gasteiger partial charge in [0.15, 0.2) is 0 Å². The van der Waals surface area contributed by atoms with Crippen LogP contribution in [0.1, 0.15) is 5.56 Å². The minimum atomic E-state index is -0.314. The minimum absolute atomic E-state index is 0.254. The van der Waals surface area contributed by atoms with Gasteiger partial charge in [0.05, 0.1) is 0 Å². The van der Waals surface area contributed by atoms with Crippen molar-refractivity contribution in [2.45, 2.75) is 6.54 Å². The van der Waals surface area contributed by atoms with E-state index >= 15 is 0 Å². The Morgan fingerprint density at radius 2 is 1.50 bits per heavy atom. The molecule has 3 heteroatoms. The second-order valence-corrected chi connectivity index (χ2v) is 3.51. The Balaban J connectivity index is 2.51. The largest absolute Gasteiger partial charge is 0.326 e. The summed E-state index contributed by atoms with van der Waals surface area (Å²) in [5.74, 6) is -0.605. The highest BCUT2D eigenvalue weighted by atomic mass is 19.1. The zero-order valence-electron chi connectivity index (χ0n) is 8.58. The molecule has 82 valence electrons. The smallest absolute Gasteiger partial charge is 0.123 e. The quantitative estimate of drug-likeness (QED) is 0.825. The van der Waals surface area contributed by atoms with E-state index in [9.17, 15) is 8.78 Å². The summed E-state index contributed by atoms with van der Waals surface area (Å²) in [7, 11) is 0. The molecule has 16 heavy (non-hydrogen) atoms. The molecule has 0 radical (unpaired) electrons. The molecule has 2 rings (SSSR count). The summed E-state index contributed by atoms with van der Waals surface area (Å²) in [5.41, 5.74) is 7.93. The van der Waals surface area contributed by atoms with Gasteiger partial charge in [-0.2, -0.15) is 0 Å². The summed E-state index contributed by atoms with van der Waals surface area (Å²) in [4.78, 5) is 0. The molecule has 0 spiro atoms. The molecule has 0 atom stereocenters. The van der Waals surface area contributed by atoms with Crippen LogP contribution in [-0.4, -0.2) is 0 Å². The normalized spacial score (nSPS) is 10.4. The Kier molecular flexibility index (Phi) is 2.97. The number of hydrogen-bond donors (Lipinski definition) is 1. The first-order valence-corrected chi connectivity index (χ1v) is 4.95. The Labute approximate surface area is 92.5 Å². The molecule has 0 saturated carbocycles. The molecule has 0 saturated heterocycles. The molecule has 0 aliphatic carbocycles. The lowest BCUT2D eigenvalue weighted by atomic mass is 9.99. The highest BCUT2D eigenvalue weighted by Gasteiger charge is 2.05. The van der Waals surface area contributed by atoms with E-state index in [4.69, 9.17) is 5.73 Å². The van der Waals surface area contributed by atoms with Crippen molar-refractivity contribution < 1.29 is 8.78 Å². The minimum Gasteiger partial charge on any atom is -0.326 e. The van der Waals surface area contributed by atoms with Gasteiger partial charge in [0, 0.05) is 6.54 Å². The molecule has 2 aromatic carbocycles. The van der Waals surface area contributed by atoms with Crippen LogP contribution in [0.2, 0.25) is 0 Å². The zero-order valence-corrected chi connectivity index (χ0v) is 8.58. The SMILES string of the molecule is NCc1cc(F)ccc1-c1ccc(F)cc1. The predicted octanol–water partition coefficient (Wildman–Crippen LogP) is 3.09. The molecule has 1 nitrogen and oxygen atoms in total. The molecular formula is C13H11F2N. The molecule has 0 fully saturated rings. The van der Waals surface area contributed by atoms with E-state index in [-0.39, 0.29) is 18.2 Å². The predicted molar refractivity (Wildman–Crippen MR) is 59.7 cm³/mol. The fourth-order valence-corrected chi connectivity index (χ4v) is 1.64. The number of rotatable bonds is 2. The molecule has 0 heterocycles. The third-order valence-electron chi connectivity index (χ3n) is 2.44. The Morgan fingerprint density at radius 3 is 2.12 bits per heavy atom. The van der Waals surface area contributed by atoms with Gasteiger partial charge in [-0.3, -0.25) is 0 Å². The first-order valence-electron chi connectivity index (χ1n) is 4.95. The second-order valence-electron chi connectivity index (χ2n) is 3.51. The third kappa shape index (κ3) is 2.09. The van der Waals surface area contributed by atoms with E-state index in [0.29, 0.717) is 5.56 Å². The Morgan fingerprint density at radius 1 is 0.875 bits per heavy atom. The summed E-state index contributed by atoms with van der Waals surface area (Å²) in [5, 5.41) is 0. The maximum atomic E-state index is 13.0. The monoisotopic (exact) mass is 219 g/mol. The summed E-state index contributed by atoms with van der Waals surface area (Å²) in [6, 6.07) is 10.5. The van der Waals surface area contributed by atoms with E-state index in [0.717, 1.165) is 11.1 Å². The van der Waals surface area contributed by atoms with Gasteiger partial charge >= 0.3 is 0 Å². The Bertz CT molecular complexity index is 492. The van der Waals surface area contributed by atoms with Crippen LogP contribution in [0, 0.1) is 11.6 Å². The molecular weight excluding hydrogens is 208 g/mol. The second kappa shape index (κ2) is 4.41. The van der Waals surface area contributed by atoms with E-state index in [1.807, 2.05) is 0 Å². The van der Waals surface area contributed by atoms with Crippen LogP contribution >= 0.6 is 0 Å². The van der Waals surface area contributed by atoms with Crippen LogP contribution in [0.5, 0.6) is 0 Å². The van der Waals surface area contributed by atoms with E-state index in [2.05, 4.69) is 0 Å². The molecule has 0 bridgehead atoms. The van der Waals surface area contributed by atoms with Crippen molar-refractivity contribution in [2.24, 2.45) is 5.73 Å². The third-order valence-corrected chi connectivity index (χ3v) is 2.44. The Hall–Kier alpha value is -1.74. The molecule has 0 amide bonds. The van der Waals surface area contributed by atoms with Crippen molar-refractivity contribution >= 4 is 0 Å². The van der Waals surface area contributed by atoms with Crippen molar-refractivity contribution in [2.75, 3.05) is 0 Å². The topological polar surface area (TPSA) is 26.0 Å². The maximum Gasteiger partial charge on any atom is 0.123 e. The summed E-state index contributed by atoms with van der Waals surface area (Å²) >= 11 is 0. The van der Waals surface area contributed by atoms with Crippen molar-refractivity contribution in [3.8, 4) is 11.1 Å². The number of nitrogens with two attached hydrogens (primary N) is 1. The summed E-state index contributed by atoms with van der Waals surface area (Å²) < 4.78 is 25.8. The van der Waals surface area contributed by atoms with Gasteiger partial charge in [-0.05, 0) is 41.0 Å². The van der Waals surface area contributed by atoms with Gasteiger partial charge < -0.3 is 5.73 Å².